The molecule has 2 N–H and O–H groups in total. The summed E-state index contributed by atoms with van der Waals surface area (Å²) in [6.45, 7) is 5.71. The lowest BCUT2D eigenvalue weighted by Gasteiger charge is -2.19. The summed E-state index contributed by atoms with van der Waals surface area (Å²) in [6.07, 6.45) is 9.89. The molecule has 0 amide bonds. The number of H-pyrrole nitrogens is 2. The number of fused-ring (bicyclic) bond motifs is 2. The maximum absolute atomic E-state index is 12.6. The molecule has 2 saturated heterocycles. The number of likely N-dealkylation sites (N-methyl/N-ethyl adjacent to an activating group) is 1. The molecule has 0 unspecified atom stereocenters. The average Bonchev–Trinajstić information content (AvgIpc) is 3.74. The molecule has 2 aromatic carbocycles. The first kappa shape index (κ1) is 27.9. The number of nitrogens with zero attached hydrogens (tertiary/aromatic N) is 2. The number of ether oxygens (including phenoxy) is 2. The van der Waals surface area contributed by atoms with E-state index in [1.807, 2.05) is 49.6 Å². The van der Waals surface area contributed by atoms with Crippen molar-refractivity contribution in [3.05, 3.63) is 59.9 Å². The van der Waals surface area contributed by atoms with Crippen LogP contribution in [0.3, 0.4) is 0 Å². The van der Waals surface area contributed by atoms with Gasteiger partial charge in [-0.05, 0) is 108 Å². The Balaban J connectivity index is 0.000000477. The Labute approximate surface area is 235 Å². The molecule has 0 radical (unpaired) electrons. The molecule has 6 rings (SSSR count). The standard InChI is InChI=1S/C27H29N3O4.C5H11N/c1-17-15-28-20-7-3-9-22(26(17)20)33-24(31)11-12-25(32)34-23-10-4-8-21-27(23)18(16-29-21)14-19-6-5-13-30(19)2;1-6-4-2-3-5-6/h3-4,7-10,15-16,19,28-29H,5-6,11-14H2,1-2H3;2-5H2,1H3/t19-;/m1./s1. The van der Waals surface area contributed by atoms with Crippen LogP contribution in [-0.4, -0.2) is 71.5 Å². The van der Waals surface area contributed by atoms with Crippen LogP contribution >= 0.6 is 0 Å². The lowest BCUT2D eigenvalue weighted by atomic mass is 10.0. The van der Waals surface area contributed by atoms with E-state index in [2.05, 4.69) is 33.9 Å². The fraction of sp³-hybridized carbons (Fsp3) is 0.438. The van der Waals surface area contributed by atoms with E-state index in [-0.39, 0.29) is 12.8 Å². The van der Waals surface area contributed by atoms with Gasteiger partial charge in [-0.2, -0.15) is 0 Å². The van der Waals surface area contributed by atoms with Gasteiger partial charge in [-0.25, -0.2) is 0 Å². The molecule has 2 aliphatic rings. The molecular formula is C32H40N4O4. The van der Waals surface area contributed by atoms with Gasteiger partial charge in [-0.3, -0.25) is 9.59 Å². The van der Waals surface area contributed by atoms with Crippen molar-refractivity contribution in [2.24, 2.45) is 0 Å². The third-order valence-corrected chi connectivity index (χ3v) is 8.05. The Morgan fingerprint density at radius 3 is 2.00 bits per heavy atom. The number of esters is 2. The lowest BCUT2D eigenvalue weighted by Crippen LogP contribution is -2.26. The molecule has 2 fully saturated rings. The maximum atomic E-state index is 12.6. The first-order valence-electron chi connectivity index (χ1n) is 14.3. The lowest BCUT2D eigenvalue weighted by molar-refractivity contribution is -0.140. The number of hydrogen-bond donors (Lipinski definition) is 2. The zero-order chi connectivity index (χ0) is 28.1. The van der Waals surface area contributed by atoms with Gasteiger partial charge in [0, 0.05) is 40.2 Å². The Bertz CT molecular complexity index is 1470. The Kier molecular flexibility index (Phi) is 8.87. The minimum Gasteiger partial charge on any atom is -0.426 e. The summed E-state index contributed by atoms with van der Waals surface area (Å²) in [4.78, 5) is 36.3. The van der Waals surface area contributed by atoms with Gasteiger partial charge in [0.05, 0.1) is 12.8 Å². The van der Waals surface area contributed by atoms with Crippen LogP contribution in [0.15, 0.2) is 48.8 Å². The molecule has 212 valence electrons. The fourth-order valence-electron chi connectivity index (χ4n) is 5.78. The van der Waals surface area contributed by atoms with Gasteiger partial charge in [0.25, 0.3) is 0 Å². The molecule has 40 heavy (non-hydrogen) atoms. The fourth-order valence-corrected chi connectivity index (χ4v) is 5.78. The summed E-state index contributed by atoms with van der Waals surface area (Å²) in [5.74, 6) is 0.106. The molecule has 4 aromatic rings. The Morgan fingerprint density at radius 2 is 1.43 bits per heavy atom. The number of aromatic amines is 2. The molecule has 1 atom stereocenters. The van der Waals surface area contributed by atoms with Gasteiger partial charge < -0.3 is 29.2 Å². The molecule has 0 spiro atoms. The molecule has 0 aliphatic carbocycles. The SMILES string of the molecule is CN1CCCC1.Cc1c[nH]c2cccc(OC(=O)CCC(=O)Oc3cccc4[nH]cc(C[C@H]5CCCN5C)c34)c12. The van der Waals surface area contributed by atoms with Crippen molar-refractivity contribution in [1.29, 1.82) is 0 Å². The van der Waals surface area contributed by atoms with Gasteiger partial charge >= 0.3 is 11.9 Å². The van der Waals surface area contributed by atoms with Crippen LogP contribution in [0.5, 0.6) is 11.5 Å². The topological polar surface area (TPSA) is 90.7 Å². The van der Waals surface area contributed by atoms with Crippen LogP contribution in [0, 0.1) is 6.92 Å². The number of benzene rings is 2. The third kappa shape index (κ3) is 6.57. The molecule has 0 bridgehead atoms. The molecule has 0 saturated carbocycles. The van der Waals surface area contributed by atoms with Gasteiger partial charge in [0.15, 0.2) is 0 Å². The first-order chi connectivity index (χ1) is 19.4. The monoisotopic (exact) mass is 544 g/mol. The number of carbonyl (C=O) groups excluding carboxylic acids is 2. The largest absolute Gasteiger partial charge is 0.426 e. The highest BCUT2D eigenvalue weighted by molar-refractivity contribution is 5.93. The highest BCUT2D eigenvalue weighted by atomic mass is 16.5. The molecule has 8 heteroatoms. The van der Waals surface area contributed by atoms with Crippen LogP contribution in [0.1, 0.15) is 49.7 Å². The second-order valence-electron chi connectivity index (χ2n) is 11.1. The highest BCUT2D eigenvalue weighted by Crippen LogP contribution is 2.32. The van der Waals surface area contributed by atoms with Crippen molar-refractivity contribution in [3.63, 3.8) is 0 Å². The average molecular weight is 545 g/mol. The van der Waals surface area contributed by atoms with Crippen molar-refractivity contribution in [2.75, 3.05) is 33.7 Å². The number of aromatic nitrogens is 2. The normalized spacial score (nSPS) is 17.7. The quantitative estimate of drug-likeness (QED) is 0.233. The minimum absolute atomic E-state index is 0.0531. The van der Waals surface area contributed by atoms with Gasteiger partial charge in [-0.1, -0.05) is 12.1 Å². The summed E-state index contributed by atoms with van der Waals surface area (Å²) in [7, 11) is 4.33. The molecular weight excluding hydrogens is 504 g/mol. The van der Waals surface area contributed by atoms with Crippen LogP contribution in [0.2, 0.25) is 0 Å². The minimum atomic E-state index is -0.463. The zero-order valence-corrected chi connectivity index (χ0v) is 23.8. The first-order valence-corrected chi connectivity index (χ1v) is 14.3. The number of rotatable bonds is 7. The van der Waals surface area contributed by atoms with E-state index in [9.17, 15) is 9.59 Å². The maximum Gasteiger partial charge on any atom is 0.311 e. The van der Waals surface area contributed by atoms with Gasteiger partial charge in [0.1, 0.15) is 11.5 Å². The summed E-state index contributed by atoms with van der Waals surface area (Å²) in [5, 5.41) is 1.81. The Morgan fingerprint density at radius 1 is 0.825 bits per heavy atom. The van der Waals surface area contributed by atoms with Crippen molar-refractivity contribution < 1.29 is 19.1 Å². The summed E-state index contributed by atoms with van der Waals surface area (Å²) >= 11 is 0. The predicted molar refractivity (Wildman–Crippen MR) is 158 cm³/mol. The van der Waals surface area contributed by atoms with E-state index in [0.717, 1.165) is 45.9 Å². The molecule has 2 aromatic heterocycles. The number of likely N-dealkylation sites (tertiary alicyclic amines) is 2. The summed E-state index contributed by atoms with van der Waals surface area (Å²) in [6, 6.07) is 11.7. The van der Waals surface area contributed by atoms with Gasteiger partial charge in [0.2, 0.25) is 0 Å². The predicted octanol–water partition coefficient (Wildman–Crippen LogP) is 5.60. The van der Waals surface area contributed by atoms with Crippen LogP contribution in [0.4, 0.5) is 0 Å². The van der Waals surface area contributed by atoms with Crippen molar-refractivity contribution in [1.82, 2.24) is 19.8 Å². The van der Waals surface area contributed by atoms with E-state index in [0.29, 0.717) is 17.5 Å². The highest BCUT2D eigenvalue weighted by Gasteiger charge is 2.23. The Hall–Kier alpha value is -3.62. The smallest absolute Gasteiger partial charge is 0.311 e. The number of aryl methyl sites for hydroxylation is 1. The van der Waals surface area contributed by atoms with Crippen molar-refractivity contribution in [3.8, 4) is 11.5 Å². The molecule has 2 aliphatic heterocycles. The number of nitrogens with one attached hydrogen (secondary N) is 2. The third-order valence-electron chi connectivity index (χ3n) is 8.05. The van der Waals surface area contributed by atoms with Crippen LogP contribution in [0.25, 0.3) is 21.8 Å². The number of hydrogen-bond acceptors (Lipinski definition) is 6. The van der Waals surface area contributed by atoms with Crippen molar-refractivity contribution in [2.45, 2.75) is 57.9 Å². The van der Waals surface area contributed by atoms with Crippen LogP contribution in [-0.2, 0) is 16.0 Å². The van der Waals surface area contributed by atoms with E-state index in [1.54, 1.807) is 6.07 Å². The second-order valence-corrected chi connectivity index (χ2v) is 11.1. The van der Waals surface area contributed by atoms with E-state index < -0.39 is 11.9 Å². The zero-order valence-electron chi connectivity index (χ0n) is 23.8. The van der Waals surface area contributed by atoms with Gasteiger partial charge in [-0.15, -0.1) is 0 Å². The van der Waals surface area contributed by atoms with Crippen LogP contribution < -0.4 is 9.47 Å². The van der Waals surface area contributed by atoms with E-state index >= 15 is 0 Å². The second kappa shape index (κ2) is 12.7. The molecule has 8 nitrogen and oxygen atoms in total. The van der Waals surface area contributed by atoms with E-state index in [1.165, 1.54) is 38.8 Å². The summed E-state index contributed by atoms with van der Waals surface area (Å²) < 4.78 is 11.3. The van der Waals surface area contributed by atoms with Crippen molar-refractivity contribution >= 4 is 33.7 Å². The molecule has 4 heterocycles. The number of carbonyl (C=O) groups is 2. The van der Waals surface area contributed by atoms with E-state index in [4.69, 9.17) is 9.47 Å². The summed E-state index contributed by atoms with van der Waals surface area (Å²) in [5.41, 5.74) is 3.99.